The Hall–Kier alpha value is -1.36. The molecule has 2 rings (SSSR count). The van der Waals surface area contributed by atoms with Crippen LogP contribution in [0.25, 0.3) is 11.5 Å². The highest BCUT2D eigenvalue weighted by atomic mass is 79.9. The first-order chi connectivity index (χ1) is 8.00. The number of nitrogen functional groups attached to an aromatic ring is 1. The van der Waals surface area contributed by atoms with Crippen molar-refractivity contribution in [3.63, 3.8) is 0 Å². The van der Waals surface area contributed by atoms with Crippen molar-refractivity contribution in [2.24, 2.45) is 0 Å². The van der Waals surface area contributed by atoms with Crippen molar-refractivity contribution in [1.82, 2.24) is 9.97 Å². The molecule has 0 aliphatic rings. The molecule has 0 aliphatic carbocycles. The largest absolute Gasteiger partial charge is 0.461 e. The lowest BCUT2D eigenvalue weighted by Crippen LogP contribution is -2.06. The Morgan fingerprint density at radius 1 is 1.35 bits per heavy atom. The number of nitrogens with zero attached hydrogens (tertiary/aromatic N) is 2. The SMILES string of the molecule is Cc1c(N)nc(C(C)C)nc1-c1occc1Br. The van der Waals surface area contributed by atoms with Gasteiger partial charge >= 0.3 is 0 Å². The standard InChI is InChI=1S/C12H14BrN3O/c1-6(2)12-15-9(7(3)11(14)16-12)10-8(13)4-5-17-10/h4-6H,1-3H3,(H2,14,15,16). The number of furan rings is 1. The predicted molar refractivity (Wildman–Crippen MR) is 70.7 cm³/mol. The van der Waals surface area contributed by atoms with Crippen LogP contribution in [0.3, 0.4) is 0 Å². The molecular weight excluding hydrogens is 282 g/mol. The third-order valence-electron chi connectivity index (χ3n) is 2.55. The van der Waals surface area contributed by atoms with E-state index in [0.29, 0.717) is 11.6 Å². The number of halogens is 1. The van der Waals surface area contributed by atoms with Crippen LogP contribution in [0.2, 0.25) is 0 Å². The van der Waals surface area contributed by atoms with Crippen LogP contribution in [0.15, 0.2) is 21.2 Å². The lowest BCUT2D eigenvalue weighted by atomic mass is 10.1. The van der Waals surface area contributed by atoms with Gasteiger partial charge in [-0.3, -0.25) is 0 Å². The maximum absolute atomic E-state index is 5.91. The van der Waals surface area contributed by atoms with Crippen molar-refractivity contribution in [2.75, 3.05) is 5.73 Å². The molecule has 0 radical (unpaired) electrons. The molecular formula is C12H14BrN3O. The number of aromatic nitrogens is 2. The summed E-state index contributed by atoms with van der Waals surface area (Å²) in [7, 11) is 0. The monoisotopic (exact) mass is 295 g/mol. The summed E-state index contributed by atoms with van der Waals surface area (Å²) in [6.45, 7) is 5.96. The number of nitrogens with two attached hydrogens (primary N) is 1. The summed E-state index contributed by atoms with van der Waals surface area (Å²) < 4.78 is 6.30. The number of hydrogen-bond acceptors (Lipinski definition) is 4. The first-order valence-corrected chi connectivity index (χ1v) is 6.17. The van der Waals surface area contributed by atoms with Gasteiger partial charge in [-0.05, 0) is 28.9 Å². The highest BCUT2D eigenvalue weighted by Crippen LogP contribution is 2.32. The van der Waals surface area contributed by atoms with Gasteiger partial charge in [0, 0.05) is 11.5 Å². The second-order valence-corrected chi connectivity index (χ2v) is 5.05. The molecule has 0 atom stereocenters. The Labute approximate surface area is 108 Å². The molecule has 5 heteroatoms. The molecule has 0 bridgehead atoms. The smallest absolute Gasteiger partial charge is 0.166 e. The Kier molecular flexibility index (Phi) is 3.19. The molecule has 4 nitrogen and oxygen atoms in total. The van der Waals surface area contributed by atoms with Crippen molar-refractivity contribution in [2.45, 2.75) is 26.7 Å². The molecule has 17 heavy (non-hydrogen) atoms. The van der Waals surface area contributed by atoms with Gasteiger partial charge in [-0.15, -0.1) is 0 Å². The average molecular weight is 296 g/mol. The molecule has 2 heterocycles. The van der Waals surface area contributed by atoms with Gasteiger partial charge in [0.2, 0.25) is 0 Å². The summed E-state index contributed by atoms with van der Waals surface area (Å²) >= 11 is 3.43. The van der Waals surface area contributed by atoms with Crippen LogP contribution in [0, 0.1) is 6.92 Å². The fourth-order valence-corrected chi connectivity index (χ4v) is 1.88. The zero-order valence-corrected chi connectivity index (χ0v) is 11.6. The third-order valence-corrected chi connectivity index (χ3v) is 3.17. The summed E-state index contributed by atoms with van der Waals surface area (Å²) in [6, 6.07) is 1.84. The number of rotatable bonds is 2. The molecule has 0 saturated heterocycles. The summed E-state index contributed by atoms with van der Waals surface area (Å²) in [4.78, 5) is 8.80. The average Bonchev–Trinajstić information content (AvgIpc) is 2.68. The first kappa shape index (κ1) is 12.1. The zero-order chi connectivity index (χ0) is 12.6. The second kappa shape index (κ2) is 4.49. The summed E-state index contributed by atoms with van der Waals surface area (Å²) in [5, 5.41) is 0. The van der Waals surface area contributed by atoms with E-state index in [2.05, 4.69) is 25.9 Å². The summed E-state index contributed by atoms with van der Waals surface area (Å²) in [6.07, 6.45) is 1.62. The molecule has 0 amide bonds. The third kappa shape index (κ3) is 2.20. The highest BCUT2D eigenvalue weighted by Gasteiger charge is 2.16. The Morgan fingerprint density at radius 2 is 2.06 bits per heavy atom. The van der Waals surface area contributed by atoms with Gasteiger partial charge in [-0.2, -0.15) is 0 Å². The van der Waals surface area contributed by atoms with Gasteiger partial charge < -0.3 is 10.2 Å². The van der Waals surface area contributed by atoms with E-state index < -0.39 is 0 Å². The van der Waals surface area contributed by atoms with E-state index in [1.165, 1.54) is 0 Å². The Balaban J connectivity index is 2.65. The lowest BCUT2D eigenvalue weighted by Gasteiger charge is -2.10. The summed E-state index contributed by atoms with van der Waals surface area (Å²) in [5.74, 6) is 2.15. The topological polar surface area (TPSA) is 64.9 Å². The van der Waals surface area contributed by atoms with Gasteiger partial charge in [0.1, 0.15) is 17.3 Å². The zero-order valence-electron chi connectivity index (χ0n) is 9.99. The molecule has 0 spiro atoms. The quantitative estimate of drug-likeness (QED) is 0.921. The van der Waals surface area contributed by atoms with E-state index in [1.54, 1.807) is 6.26 Å². The minimum Gasteiger partial charge on any atom is -0.461 e. The van der Waals surface area contributed by atoms with Gasteiger partial charge in [0.25, 0.3) is 0 Å². The van der Waals surface area contributed by atoms with Crippen molar-refractivity contribution in [1.29, 1.82) is 0 Å². The van der Waals surface area contributed by atoms with E-state index in [0.717, 1.165) is 21.6 Å². The minimum absolute atomic E-state index is 0.227. The number of hydrogen-bond donors (Lipinski definition) is 1. The van der Waals surface area contributed by atoms with Crippen LogP contribution in [-0.2, 0) is 0 Å². The van der Waals surface area contributed by atoms with Crippen molar-refractivity contribution in [3.8, 4) is 11.5 Å². The molecule has 0 aliphatic heterocycles. The van der Waals surface area contributed by atoms with Crippen molar-refractivity contribution < 1.29 is 4.42 Å². The van der Waals surface area contributed by atoms with Gasteiger partial charge in [-0.25, -0.2) is 9.97 Å². The molecule has 2 aromatic heterocycles. The summed E-state index contributed by atoms with van der Waals surface area (Å²) in [5.41, 5.74) is 7.49. The van der Waals surface area contributed by atoms with E-state index in [-0.39, 0.29) is 5.92 Å². The molecule has 0 aromatic carbocycles. The Bertz CT molecular complexity index is 549. The normalized spacial score (nSPS) is 11.1. The molecule has 2 aromatic rings. The maximum Gasteiger partial charge on any atom is 0.166 e. The van der Waals surface area contributed by atoms with Gasteiger partial charge in [-0.1, -0.05) is 13.8 Å². The van der Waals surface area contributed by atoms with Gasteiger partial charge in [0.05, 0.1) is 10.7 Å². The van der Waals surface area contributed by atoms with Crippen LogP contribution in [-0.4, -0.2) is 9.97 Å². The van der Waals surface area contributed by atoms with Crippen LogP contribution in [0.4, 0.5) is 5.82 Å². The molecule has 0 fully saturated rings. The van der Waals surface area contributed by atoms with Crippen molar-refractivity contribution in [3.05, 3.63) is 28.2 Å². The van der Waals surface area contributed by atoms with Crippen LogP contribution in [0.5, 0.6) is 0 Å². The molecule has 0 saturated carbocycles. The molecule has 0 unspecified atom stereocenters. The fourth-order valence-electron chi connectivity index (χ4n) is 1.49. The molecule has 2 N–H and O–H groups in total. The molecule has 90 valence electrons. The lowest BCUT2D eigenvalue weighted by molar-refractivity contribution is 0.577. The van der Waals surface area contributed by atoms with E-state index in [9.17, 15) is 0 Å². The van der Waals surface area contributed by atoms with Crippen LogP contribution >= 0.6 is 15.9 Å². The highest BCUT2D eigenvalue weighted by molar-refractivity contribution is 9.10. The minimum atomic E-state index is 0.227. The van der Waals surface area contributed by atoms with Crippen LogP contribution in [0.1, 0.15) is 31.2 Å². The first-order valence-electron chi connectivity index (χ1n) is 5.38. The maximum atomic E-state index is 5.91. The predicted octanol–water partition coefficient (Wildman–Crippen LogP) is 3.51. The number of anilines is 1. The van der Waals surface area contributed by atoms with Gasteiger partial charge in [0.15, 0.2) is 5.76 Å². The Morgan fingerprint density at radius 3 is 2.59 bits per heavy atom. The van der Waals surface area contributed by atoms with Crippen molar-refractivity contribution >= 4 is 21.7 Å². The fraction of sp³-hybridized carbons (Fsp3) is 0.333. The van der Waals surface area contributed by atoms with Crippen LogP contribution < -0.4 is 5.73 Å². The van der Waals surface area contributed by atoms with E-state index in [1.807, 2.05) is 26.8 Å². The van der Waals surface area contributed by atoms with E-state index >= 15 is 0 Å². The van der Waals surface area contributed by atoms with E-state index in [4.69, 9.17) is 10.2 Å². The second-order valence-electron chi connectivity index (χ2n) is 4.19.